The second-order valence-corrected chi connectivity index (χ2v) is 7.69. The zero-order chi connectivity index (χ0) is 18.3. The summed E-state index contributed by atoms with van der Waals surface area (Å²) in [7, 11) is -3.58. The molecule has 0 aliphatic rings. The highest BCUT2D eigenvalue weighted by molar-refractivity contribution is 7.89. The molecule has 0 bridgehead atoms. The minimum atomic E-state index is -3.58. The lowest BCUT2D eigenvalue weighted by molar-refractivity contribution is -0.123. The van der Waals surface area contributed by atoms with Crippen LogP contribution in [-0.2, 0) is 14.8 Å². The Hall–Kier alpha value is -1.31. The normalized spacial score (nSPS) is 12.9. The number of nitrogens with zero attached hydrogens (tertiary/aromatic N) is 1. The molecule has 136 valence electrons. The van der Waals surface area contributed by atoms with Gasteiger partial charge in [0.15, 0.2) is 6.61 Å². The topological polar surface area (TPSA) is 75.7 Å². The van der Waals surface area contributed by atoms with Crippen molar-refractivity contribution in [2.24, 2.45) is 0 Å². The van der Waals surface area contributed by atoms with Crippen LogP contribution in [-0.4, -0.2) is 44.4 Å². The third kappa shape index (κ3) is 5.36. The predicted octanol–water partition coefficient (Wildman–Crippen LogP) is 2.66. The Morgan fingerprint density at radius 2 is 1.92 bits per heavy atom. The Balaban J connectivity index is 2.84. The summed E-state index contributed by atoms with van der Waals surface area (Å²) in [6.45, 7) is 8.00. The number of hydrogen-bond acceptors (Lipinski definition) is 4. The van der Waals surface area contributed by atoms with Gasteiger partial charge in [-0.1, -0.05) is 32.4 Å². The first-order valence-electron chi connectivity index (χ1n) is 7.98. The smallest absolute Gasteiger partial charge is 0.258 e. The fourth-order valence-corrected chi connectivity index (χ4v) is 3.82. The second kappa shape index (κ2) is 9.25. The minimum absolute atomic E-state index is 0.0677. The Morgan fingerprint density at radius 1 is 1.29 bits per heavy atom. The van der Waals surface area contributed by atoms with Gasteiger partial charge in [-0.15, -0.1) is 0 Å². The number of nitrogens with one attached hydrogen (secondary N) is 1. The highest BCUT2D eigenvalue weighted by atomic mass is 35.5. The van der Waals surface area contributed by atoms with Gasteiger partial charge in [-0.05, 0) is 31.5 Å². The zero-order valence-corrected chi connectivity index (χ0v) is 16.1. The van der Waals surface area contributed by atoms with Gasteiger partial charge in [-0.3, -0.25) is 4.79 Å². The molecule has 1 aromatic carbocycles. The van der Waals surface area contributed by atoms with Gasteiger partial charge in [0.2, 0.25) is 10.0 Å². The lowest BCUT2D eigenvalue weighted by atomic mass is 10.2. The van der Waals surface area contributed by atoms with Crippen LogP contribution in [0.15, 0.2) is 23.1 Å². The van der Waals surface area contributed by atoms with Gasteiger partial charge in [0, 0.05) is 19.1 Å². The lowest BCUT2D eigenvalue weighted by Crippen LogP contribution is -2.35. The molecular weight excluding hydrogens is 352 g/mol. The molecule has 0 fully saturated rings. The number of benzene rings is 1. The monoisotopic (exact) mass is 376 g/mol. The molecule has 1 rings (SSSR count). The lowest BCUT2D eigenvalue weighted by Gasteiger charge is -2.19. The maximum atomic E-state index is 12.4. The summed E-state index contributed by atoms with van der Waals surface area (Å²) in [4.78, 5) is 11.8. The molecule has 1 aromatic rings. The fourth-order valence-electron chi connectivity index (χ4n) is 2.03. The van der Waals surface area contributed by atoms with E-state index in [1.807, 2.05) is 13.8 Å². The van der Waals surface area contributed by atoms with Crippen molar-refractivity contribution in [2.75, 3.05) is 19.7 Å². The molecule has 1 N–H and O–H groups in total. The number of hydrogen-bond donors (Lipinski definition) is 1. The molecule has 0 saturated carbocycles. The number of amides is 1. The highest BCUT2D eigenvalue weighted by Gasteiger charge is 2.22. The average molecular weight is 377 g/mol. The van der Waals surface area contributed by atoms with E-state index in [9.17, 15) is 13.2 Å². The third-order valence-corrected chi connectivity index (χ3v) is 5.97. The molecule has 0 radical (unpaired) electrons. The quantitative estimate of drug-likeness (QED) is 0.718. The van der Waals surface area contributed by atoms with Gasteiger partial charge < -0.3 is 10.1 Å². The summed E-state index contributed by atoms with van der Waals surface area (Å²) >= 11 is 6.10. The summed E-state index contributed by atoms with van der Waals surface area (Å²) in [5.74, 6) is 0.0229. The standard InChI is InChI=1S/C16H25ClN2O4S/c1-5-12(4)18-16(20)11-23-15-9-8-13(10-14(15)17)24(21,22)19(6-2)7-3/h8-10,12H,5-7,11H2,1-4H3,(H,18,20)/t12-/m0/s1. The Labute approximate surface area is 149 Å². The van der Waals surface area contributed by atoms with Crippen LogP contribution >= 0.6 is 11.6 Å². The van der Waals surface area contributed by atoms with Crippen LogP contribution < -0.4 is 10.1 Å². The van der Waals surface area contributed by atoms with Crippen molar-refractivity contribution in [3.8, 4) is 5.75 Å². The molecule has 0 saturated heterocycles. The highest BCUT2D eigenvalue weighted by Crippen LogP contribution is 2.28. The number of rotatable bonds is 9. The van der Waals surface area contributed by atoms with E-state index in [1.54, 1.807) is 13.8 Å². The van der Waals surface area contributed by atoms with E-state index in [4.69, 9.17) is 16.3 Å². The molecule has 1 amide bonds. The molecule has 0 unspecified atom stereocenters. The van der Waals surface area contributed by atoms with Crippen LogP contribution in [0.4, 0.5) is 0 Å². The van der Waals surface area contributed by atoms with Gasteiger partial charge in [0.05, 0.1) is 9.92 Å². The van der Waals surface area contributed by atoms with Crippen LogP contribution in [0.3, 0.4) is 0 Å². The summed E-state index contributed by atoms with van der Waals surface area (Å²) in [5.41, 5.74) is 0. The van der Waals surface area contributed by atoms with Gasteiger partial charge in [0.1, 0.15) is 5.75 Å². The maximum Gasteiger partial charge on any atom is 0.258 e. The Kier molecular flexibility index (Phi) is 7.99. The van der Waals surface area contributed by atoms with Crippen LogP contribution in [0.5, 0.6) is 5.75 Å². The summed E-state index contributed by atoms with van der Waals surface area (Å²) in [5, 5.41) is 2.93. The largest absolute Gasteiger partial charge is 0.482 e. The molecule has 1 atom stereocenters. The van der Waals surface area contributed by atoms with Crippen molar-refractivity contribution in [1.29, 1.82) is 0 Å². The van der Waals surface area contributed by atoms with Crippen molar-refractivity contribution in [3.63, 3.8) is 0 Å². The van der Waals surface area contributed by atoms with Gasteiger partial charge >= 0.3 is 0 Å². The SMILES string of the molecule is CC[C@H](C)NC(=O)COc1ccc(S(=O)(=O)N(CC)CC)cc1Cl. The van der Waals surface area contributed by atoms with Gasteiger partial charge in [-0.25, -0.2) is 8.42 Å². The molecule has 0 aliphatic heterocycles. The van der Waals surface area contributed by atoms with Crippen LogP contribution in [0, 0.1) is 0 Å². The summed E-state index contributed by atoms with van der Waals surface area (Å²) < 4.78 is 31.6. The van der Waals surface area contributed by atoms with Crippen LogP contribution in [0.1, 0.15) is 34.1 Å². The molecular formula is C16H25ClN2O4S. The molecule has 6 nitrogen and oxygen atoms in total. The van der Waals surface area contributed by atoms with E-state index in [2.05, 4.69) is 5.32 Å². The van der Waals surface area contributed by atoms with E-state index in [0.29, 0.717) is 13.1 Å². The number of carbonyl (C=O) groups excluding carboxylic acids is 1. The maximum absolute atomic E-state index is 12.4. The van der Waals surface area contributed by atoms with Crippen LogP contribution in [0.2, 0.25) is 5.02 Å². The molecule has 0 heterocycles. The van der Waals surface area contributed by atoms with Gasteiger partial charge in [-0.2, -0.15) is 4.31 Å². The Bertz CT molecular complexity index is 660. The van der Waals surface area contributed by atoms with Gasteiger partial charge in [0.25, 0.3) is 5.91 Å². The van der Waals surface area contributed by atoms with Crippen molar-refractivity contribution < 1.29 is 17.9 Å². The van der Waals surface area contributed by atoms with Crippen molar-refractivity contribution in [2.45, 2.75) is 45.1 Å². The average Bonchev–Trinajstić information content (AvgIpc) is 2.54. The summed E-state index contributed by atoms with van der Waals surface area (Å²) in [6, 6.07) is 4.31. The Morgan fingerprint density at radius 3 is 2.42 bits per heavy atom. The van der Waals surface area contributed by atoms with E-state index in [0.717, 1.165) is 6.42 Å². The van der Waals surface area contributed by atoms with E-state index in [-0.39, 0.29) is 34.2 Å². The first kappa shape index (κ1) is 20.7. The number of halogens is 1. The van der Waals surface area contributed by atoms with E-state index < -0.39 is 10.0 Å². The first-order valence-corrected chi connectivity index (χ1v) is 9.79. The minimum Gasteiger partial charge on any atom is -0.482 e. The number of ether oxygens (including phenoxy) is 1. The molecule has 24 heavy (non-hydrogen) atoms. The molecule has 8 heteroatoms. The number of carbonyl (C=O) groups is 1. The van der Waals surface area contributed by atoms with Crippen molar-refractivity contribution in [1.82, 2.24) is 9.62 Å². The van der Waals surface area contributed by atoms with Crippen molar-refractivity contribution >= 4 is 27.5 Å². The molecule has 0 aromatic heterocycles. The summed E-state index contributed by atoms with van der Waals surface area (Å²) in [6.07, 6.45) is 0.824. The number of sulfonamides is 1. The van der Waals surface area contributed by atoms with E-state index in [1.165, 1.54) is 22.5 Å². The molecule has 0 aliphatic carbocycles. The van der Waals surface area contributed by atoms with Crippen molar-refractivity contribution in [3.05, 3.63) is 23.2 Å². The fraction of sp³-hybridized carbons (Fsp3) is 0.562. The van der Waals surface area contributed by atoms with E-state index >= 15 is 0 Å². The zero-order valence-electron chi connectivity index (χ0n) is 14.5. The first-order chi connectivity index (χ1) is 11.3. The molecule has 0 spiro atoms. The predicted molar refractivity (Wildman–Crippen MR) is 94.9 cm³/mol. The third-order valence-electron chi connectivity index (χ3n) is 3.63. The van der Waals surface area contributed by atoms with Crippen LogP contribution in [0.25, 0.3) is 0 Å². The second-order valence-electron chi connectivity index (χ2n) is 5.35.